The molecule has 2 rings (SSSR count). The Kier molecular flexibility index (Phi) is 5.36. The minimum absolute atomic E-state index is 0.574. The first-order valence-corrected chi connectivity index (χ1v) is 6.78. The highest BCUT2D eigenvalue weighted by Crippen LogP contribution is 2.10. The molecule has 0 atom stereocenters. The molecule has 0 saturated heterocycles. The summed E-state index contributed by atoms with van der Waals surface area (Å²) < 4.78 is 0. The van der Waals surface area contributed by atoms with E-state index >= 15 is 0 Å². The van der Waals surface area contributed by atoms with Crippen LogP contribution in [0.4, 0.5) is 0 Å². The second-order valence-electron chi connectivity index (χ2n) is 4.61. The second kappa shape index (κ2) is 7.71. The molecule has 2 aromatic rings. The summed E-state index contributed by atoms with van der Waals surface area (Å²) in [5.41, 5.74) is 2.35. The van der Waals surface area contributed by atoms with E-state index in [2.05, 4.69) is 34.6 Å². The summed E-state index contributed by atoms with van der Waals surface area (Å²) in [5, 5.41) is 11.5. The van der Waals surface area contributed by atoms with Gasteiger partial charge in [-0.15, -0.1) is 0 Å². The molecular weight excluding hydrogens is 260 g/mol. The van der Waals surface area contributed by atoms with E-state index < -0.39 is 0 Å². The Bertz CT molecular complexity index is 573. The van der Waals surface area contributed by atoms with Gasteiger partial charge < -0.3 is 4.90 Å². The van der Waals surface area contributed by atoms with E-state index in [4.69, 9.17) is 5.26 Å². The predicted molar refractivity (Wildman–Crippen MR) is 84.2 cm³/mol. The maximum absolute atomic E-state index is 8.88. The standard InChI is InChI=1S/C17H18N4/c1-19-17(20-14-18)21(12-15-8-4-2-5-9-15)13-16-10-6-3-7-11-16/h2-11H,12-13H2,1H3,(H,19,20). The molecule has 0 heterocycles. The summed E-state index contributed by atoms with van der Waals surface area (Å²) in [6.45, 7) is 1.38. The van der Waals surface area contributed by atoms with Crippen LogP contribution in [0.5, 0.6) is 0 Å². The van der Waals surface area contributed by atoms with E-state index in [1.807, 2.05) is 47.5 Å². The number of hydrogen-bond acceptors (Lipinski definition) is 2. The molecule has 106 valence electrons. The van der Waals surface area contributed by atoms with E-state index in [1.165, 1.54) is 11.1 Å². The van der Waals surface area contributed by atoms with Crippen molar-refractivity contribution in [3.63, 3.8) is 0 Å². The molecule has 0 aromatic heterocycles. The number of aliphatic imine (C=N–C) groups is 1. The van der Waals surface area contributed by atoms with Crippen LogP contribution in [-0.2, 0) is 13.1 Å². The van der Waals surface area contributed by atoms with Crippen molar-refractivity contribution in [1.29, 1.82) is 5.26 Å². The van der Waals surface area contributed by atoms with Crippen LogP contribution in [0.1, 0.15) is 11.1 Å². The zero-order valence-corrected chi connectivity index (χ0v) is 12.0. The molecule has 0 fully saturated rings. The summed E-state index contributed by atoms with van der Waals surface area (Å²) in [7, 11) is 1.68. The highest BCUT2D eigenvalue weighted by Gasteiger charge is 2.11. The van der Waals surface area contributed by atoms with Crippen molar-refractivity contribution in [3.05, 3.63) is 71.8 Å². The van der Waals surface area contributed by atoms with E-state index in [0.29, 0.717) is 19.0 Å². The second-order valence-corrected chi connectivity index (χ2v) is 4.61. The van der Waals surface area contributed by atoms with Crippen LogP contribution in [0.2, 0.25) is 0 Å². The van der Waals surface area contributed by atoms with Gasteiger partial charge in [-0.05, 0) is 11.1 Å². The van der Waals surface area contributed by atoms with Gasteiger partial charge in [0.25, 0.3) is 0 Å². The van der Waals surface area contributed by atoms with Gasteiger partial charge in [0.1, 0.15) is 0 Å². The molecule has 0 aliphatic heterocycles. The van der Waals surface area contributed by atoms with Gasteiger partial charge in [-0.3, -0.25) is 10.3 Å². The monoisotopic (exact) mass is 278 g/mol. The van der Waals surface area contributed by atoms with E-state index in [9.17, 15) is 0 Å². The highest BCUT2D eigenvalue weighted by atomic mass is 15.3. The third kappa shape index (κ3) is 4.36. The first-order chi connectivity index (χ1) is 10.3. The summed E-state index contributed by atoms with van der Waals surface area (Å²) in [6, 6.07) is 20.3. The Hall–Kier alpha value is -2.80. The van der Waals surface area contributed by atoms with Gasteiger partial charge >= 0.3 is 0 Å². The van der Waals surface area contributed by atoms with E-state index in [0.717, 1.165) is 0 Å². The van der Waals surface area contributed by atoms with Crippen molar-refractivity contribution in [2.75, 3.05) is 7.05 Å². The average Bonchev–Trinajstić information content (AvgIpc) is 2.54. The molecule has 0 unspecified atom stereocenters. The molecule has 2 aromatic carbocycles. The van der Waals surface area contributed by atoms with Gasteiger partial charge in [-0.2, -0.15) is 5.26 Å². The first-order valence-electron chi connectivity index (χ1n) is 6.78. The minimum atomic E-state index is 0.574. The summed E-state index contributed by atoms with van der Waals surface area (Å²) in [6.07, 6.45) is 1.95. The van der Waals surface area contributed by atoms with Crippen molar-refractivity contribution >= 4 is 5.96 Å². The van der Waals surface area contributed by atoms with Gasteiger partial charge in [0.05, 0.1) is 0 Å². The van der Waals surface area contributed by atoms with E-state index in [1.54, 1.807) is 7.05 Å². The molecule has 0 amide bonds. The fraction of sp³-hybridized carbons (Fsp3) is 0.176. The third-order valence-electron chi connectivity index (χ3n) is 3.11. The number of hydrogen-bond donors (Lipinski definition) is 1. The summed E-state index contributed by atoms with van der Waals surface area (Å²) in [4.78, 5) is 6.23. The van der Waals surface area contributed by atoms with Gasteiger partial charge in [-0.25, -0.2) is 0 Å². The Morgan fingerprint density at radius 3 is 1.86 bits per heavy atom. The Balaban J connectivity index is 2.20. The lowest BCUT2D eigenvalue weighted by molar-refractivity contribution is 0.395. The fourth-order valence-electron chi connectivity index (χ4n) is 2.14. The van der Waals surface area contributed by atoms with Crippen LogP contribution in [0.15, 0.2) is 65.7 Å². The lowest BCUT2D eigenvalue weighted by Crippen LogP contribution is -2.38. The number of nitrogens with zero attached hydrogens (tertiary/aromatic N) is 3. The molecule has 0 aliphatic rings. The minimum Gasteiger partial charge on any atom is -0.334 e. The lowest BCUT2D eigenvalue weighted by Gasteiger charge is -2.25. The predicted octanol–water partition coefficient (Wildman–Crippen LogP) is 2.75. The normalized spacial score (nSPS) is 10.8. The molecule has 0 aliphatic carbocycles. The van der Waals surface area contributed by atoms with Crippen LogP contribution in [0.3, 0.4) is 0 Å². The molecule has 0 bridgehead atoms. The summed E-state index contributed by atoms with van der Waals surface area (Å²) >= 11 is 0. The molecule has 0 spiro atoms. The SMILES string of the molecule is CN=C(NC#N)N(Cc1ccccc1)Cc1ccccc1. The number of nitriles is 1. The quantitative estimate of drug-likeness (QED) is 0.405. The van der Waals surface area contributed by atoms with Crippen molar-refractivity contribution in [1.82, 2.24) is 10.2 Å². The highest BCUT2D eigenvalue weighted by molar-refractivity contribution is 5.81. The van der Waals surface area contributed by atoms with Crippen LogP contribution >= 0.6 is 0 Å². The zero-order valence-electron chi connectivity index (χ0n) is 12.0. The van der Waals surface area contributed by atoms with Crippen LogP contribution in [-0.4, -0.2) is 17.9 Å². The molecular formula is C17H18N4. The maximum Gasteiger partial charge on any atom is 0.207 e. The Labute approximate surface area is 125 Å². The Morgan fingerprint density at radius 1 is 1.00 bits per heavy atom. The smallest absolute Gasteiger partial charge is 0.207 e. The van der Waals surface area contributed by atoms with Crippen molar-refractivity contribution in [3.8, 4) is 6.19 Å². The lowest BCUT2D eigenvalue weighted by atomic mass is 10.2. The van der Waals surface area contributed by atoms with Gasteiger partial charge in [0.2, 0.25) is 5.96 Å². The third-order valence-corrected chi connectivity index (χ3v) is 3.11. The van der Waals surface area contributed by atoms with Crippen LogP contribution < -0.4 is 5.32 Å². The van der Waals surface area contributed by atoms with Crippen molar-refractivity contribution in [2.45, 2.75) is 13.1 Å². The number of rotatable bonds is 4. The molecule has 0 radical (unpaired) electrons. The van der Waals surface area contributed by atoms with Gasteiger partial charge in [-0.1, -0.05) is 60.7 Å². The fourth-order valence-corrected chi connectivity index (χ4v) is 2.14. The molecule has 0 saturated carbocycles. The number of nitrogens with one attached hydrogen (secondary N) is 1. The first kappa shape index (κ1) is 14.6. The zero-order chi connectivity index (χ0) is 14.9. The van der Waals surface area contributed by atoms with Crippen LogP contribution in [0.25, 0.3) is 0 Å². The van der Waals surface area contributed by atoms with Gasteiger partial charge in [0.15, 0.2) is 6.19 Å². The largest absolute Gasteiger partial charge is 0.334 e. The molecule has 4 nitrogen and oxygen atoms in total. The van der Waals surface area contributed by atoms with Crippen molar-refractivity contribution < 1.29 is 0 Å². The molecule has 1 N–H and O–H groups in total. The summed E-state index contributed by atoms with van der Waals surface area (Å²) in [5.74, 6) is 0.574. The Morgan fingerprint density at radius 2 is 1.48 bits per heavy atom. The van der Waals surface area contributed by atoms with Crippen LogP contribution in [0, 0.1) is 11.5 Å². The van der Waals surface area contributed by atoms with Gasteiger partial charge in [0, 0.05) is 20.1 Å². The average molecular weight is 278 g/mol. The van der Waals surface area contributed by atoms with Crippen molar-refractivity contribution in [2.24, 2.45) is 4.99 Å². The number of benzene rings is 2. The number of guanidine groups is 1. The topological polar surface area (TPSA) is 51.4 Å². The van der Waals surface area contributed by atoms with E-state index in [-0.39, 0.29) is 0 Å². The molecule has 4 heteroatoms. The molecule has 21 heavy (non-hydrogen) atoms. The maximum atomic E-state index is 8.88.